The summed E-state index contributed by atoms with van der Waals surface area (Å²) in [5.74, 6) is -13.8. The van der Waals surface area contributed by atoms with Gasteiger partial charge in [-0.1, -0.05) is 53.6 Å². The lowest BCUT2D eigenvalue weighted by Crippen LogP contribution is -2.62. The molecule has 0 radical (unpaired) electrons. The third kappa shape index (κ3) is 26.4. The Morgan fingerprint density at radius 3 is 1.42 bits per heavy atom. The van der Waals surface area contributed by atoms with Crippen molar-refractivity contribution in [1.29, 1.82) is 0 Å². The molecule has 30 nitrogen and oxygen atoms in total. The van der Waals surface area contributed by atoms with Crippen LogP contribution >= 0.6 is 45.1 Å². The molecule has 0 aliphatic carbocycles. The van der Waals surface area contributed by atoms with Gasteiger partial charge in [0.15, 0.2) is 0 Å². The summed E-state index contributed by atoms with van der Waals surface area (Å²) in [4.78, 5) is 174. The molecule has 1 aromatic heterocycles. The minimum absolute atomic E-state index is 0.00400. The lowest BCUT2D eigenvalue weighted by Gasteiger charge is -2.28. The molecule has 34 heteroatoms. The van der Waals surface area contributed by atoms with Crippen LogP contribution in [-0.4, -0.2) is 199 Å². The number of amides is 11. The molecule has 22 N–H and O–H groups in total. The molecule has 0 aliphatic heterocycles. The standard InChI is InChI=1S/C50H78N14O16S4/c1-23(2)16-36(50(79)80)63-47(75)35(19-39(55)68)60-43(71)31(12-14-81-4)59-42(70)30(10-11-37(53)66)58-46(74)34(18-38(54)67)61-45(73)33(17-25-20-56-29-9-7-6-8-26(25)29)62-48(76)40(24(3)65)64-44(72)32(13-15-82-5)57-41(69)27(51)21-83-84-22-28(52)49(77)78/h6-9,20,23-24,27-28,30-36,40,56,65H,10-19,21-22,51-52H2,1-5H3,(H2,53,66)(H2,54,67)(H2,55,68)(H,57,69)(H,58,74)(H,59,70)(H,60,71)(H,61,73)(H,62,76)(H,63,75)(H,64,72)(H,77,78)(H,79,80)/t24-,27?,28?,30+,31?,32+,33+,34?,35+,36?,40+/m1/s1. The van der Waals surface area contributed by atoms with Gasteiger partial charge in [-0.05, 0) is 74.2 Å². The normalized spacial score (nSPS) is 15.2. The number of aliphatic hydroxyl groups is 1. The van der Waals surface area contributed by atoms with Crippen LogP contribution in [0.15, 0.2) is 30.5 Å². The van der Waals surface area contributed by atoms with Gasteiger partial charge in [-0.25, -0.2) is 4.79 Å². The summed E-state index contributed by atoms with van der Waals surface area (Å²) in [6.45, 7) is 4.58. The smallest absolute Gasteiger partial charge is 0.326 e. The highest BCUT2D eigenvalue weighted by Crippen LogP contribution is 2.23. The summed E-state index contributed by atoms with van der Waals surface area (Å²) in [5.41, 5.74) is 29.0. The van der Waals surface area contributed by atoms with E-state index in [1.54, 1.807) is 50.6 Å². The highest BCUT2D eigenvalue weighted by molar-refractivity contribution is 8.76. The first-order valence-electron chi connectivity index (χ1n) is 26.2. The Labute approximate surface area is 500 Å². The van der Waals surface area contributed by atoms with E-state index in [9.17, 15) is 72.5 Å². The number of carboxylic acids is 2. The molecule has 0 saturated carbocycles. The van der Waals surface area contributed by atoms with Crippen LogP contribution < -0.4 is 71.2 Å². The fraction of sp³-hybridized carbons (Fsp3) is 0.580. The number of H-pyrrole nitrogens is 1. The Morgan fingerprint density at radius 1 is 0.524 bits per heavy atom. The number of para-hydroxylation sites is 1. The lowest BCUT2D eigenvalue weighted by molar-refractivity contribution is -0.143. The van der Waals surface area contributed by atoms with Crippen molar-refractivity contribution in [1.82, 2.24) is 47.5 Å². The van der Waals surface area contributed by atoms with E-state index in [1.165, 1.54) is 29.7 Å². The molecule has 468 valence electrons. The zero-order chi connectivity index (χ0) is 63.4. The molecule has 0 aliphatic rings. The summed E-state index contributed by atoms with van der Waals surface area (Å²) in [7, 11) is 2.16. The van der Waals surface area contributed by atoms with Crippen molar-refractivity contribution in [3.63, 3.8) is 0 Å². The minimum atomic E-state index is -1.92. The predicted octanol–water partition coefficient (Wildman–Crippen LogP) is -4.26. The van der Waals surface area contributed by atoms with E-state index in [2.05, 4.69) is 47.5 Å². The SMILES string of the molecule is CSCCC(NC(=O)[C@H](CCC(N)=O)NC(=O)C(CC(N)=O)NC(=O)[C@H](Cc1c[nH]c2ccccc12)NC(=O)[C@@H](NC(=O)[C@H](CCSC)NC(=O)C(N)CSSCC(N)C(=O)O)[C@@H](C)O)C(=O)N[C@@H](CC(N)=O)C(=O)NC(CC(C)C)C(=O)O. The molecule has 1 aromatic carbocycles. The molecule has 0 fully saturated rings. The predicted molar refractivity (Wildman–Crippen MR) is 317 cm³/mol. The number of carbonyl (C=O) groups excluding carboxylic acids is 11. The summed E-state index contributed by atoms with van der Waals surface area (Å²) >= 11 is 2.57. The number of aromatic amines is 1. The number of nitrogens with one attached hydrogen (secondary N) is 9. The maximum absolute atomic E-state index is 14.5. The second-order valence-electron chi connectivity index (χ2n) is 19.7. The monoisotopic (exact) mass is 1260 g/mol. The van der Waals surface area contributed by atoms with E-state index in [-0.39, 0.29) is 48.9 Å². The molecule has 11 amide bonds. The Morgan fingerprint density at radius 2 is 0.952 bits per heavy atom. The fourth-order valence-electron chi connectivity index (χ4n) is 7.76. The summed E-state index contributed by atoms with van der Waals surface area (Å²) < 4.78 is 0. The molecule has 2 rings (SSSR count). The van der Waals surface area contributed by atoms with Gasteiger partial charge in [0.05, 0.1) is 25.0 Å². The number of carbonyl (C=O) groups is 13. The highest BCUT2D eigenvalue weighted by atomic mass is 33.1. The molecule has 5 unspecified atom stereocenters. The van der Waals surface area contributed by atoms with Crippen LogP contribution in [0.4, 0.5) is 0 Å². The summed E-state index contributed by atoms with van der Waals surface area (Å²) in [6, 6.07) is -8.57. The van der Waals surface area contributed by atoms with Gasteiger partial charge in [0, 0.05) is 41.4 Å². The second-order valence-corrected chi connectivity index (χ2v) is 24.2. The van der Waals surface area contributed by atoms with E-state index in [4.69, 9.17) is 33.8 Å². The number of hydrogen-bond donors (Lipinski definition) is 17. The molecule has 1 heterocycles. The van der Waals surface area contributed by atoms with Gasteiger partial charge >= 0.3 is 11.9 Å². The number of aromatic nitrogens is 1. The van der Waals surface area contributed by atoms with Gasteiger partial charge in [-0.2, -0.15) is 23.5 Å². The van der Waals surface area contributed by atoms with Crippen LogP contribution in [0, 0.1) is 5.92 Å². The van der Waals surface area contributed by atoms with Gasteiger partial charge in [-0.15, -0.1) is 0 Å². The highest BCUT2D eigenvalue weighted by Gasteiger charge is 2.37. The first-order valence-corrected chi connectivity index (χ1v) is 31.5. The van der Waals surface area contributed by atoms with E-state index in [1.807, 2.05) is 0 Å². The number of thioether (sulfide) groups is 2. The first-order chi connectivity index (χ1) is 39.5. The topological polar surface area (TPSA) is 525 Å². The van der Waals surface area contributed by atoms with Gasteiger partial charge in [0.1, 0.15) is 54.4 Å². The number of aliphatic carboxylic acids is 2. The zero-order valence-corrected chi connectivity index (χ0v) is 50.2. The molecule has 11 atom stereocenters. The van der Waals surface area contributed by atoms with Crippen LogP contribution in [-0.2, 0) is 68.7 Å². The molecule has 84 heavy (non-hydrogen) atoms. The van der Waals surface area contributed by atoms with Crippen molar-refractivity contribution in [2.24, 2.45) is 34.6 Å². The average molecular weight is 1260 g/mol. The Bertz CT molecular complexity index is 2630. The zero-order valence-electron chi connectivity index (χ0n) is 47.0. The number of primary amides is 3. The van der Waals surface area contributed by atoms with Crippen LogP contribution in [0.2, 0.25) is 0 Å². The quantitative estimate of drug-likeness (QED) is 0.0221. The van der Waals surface area contributed by atoms with Crippen molar-refractivity contribution >= 4 is 133 Å². The maximum atomic E-state index is 14.5. The van der Waals surface area contributed by atoms with Crippen LogP contribution in [0.3, 0.4) is 0 Å². The molecule has 2 aromatic rings. The number of nitrogens with two attached hydrogens (primary N) is 5. The fourth-order valence-corrected chi connectivity index (χ4v) is 10.9. The average Bonchev–Trinajstić information content (AvgIpc) is 4.08. The molecular weight excluding hydrogens is 1180 g/mol. The molecule has 0 spiro atoms. The second kappa shape index (κ2) is 37.5. The van der Waals surface area contributed by atoms with Gasteiger partial charge in [0.25, 0.3) is 0 Å². The molecule has 0 bridgehead atoms. The molecular formula is C50H78N14O16S4. The summed E-state index contributed by atoms with van der Waals surface area (Å²) in [5, 5.41) is 49.5. The van der Waals surface area contributed by atoms with Crippen molar-refractivity contribution in [3.8, 4) is 0 Å². The van der Waals surface area contributed by atoms with Crippen molar-refractivity contribution in [3.05, 3.63) is 36.0 Å². The number of rotatable bonds is 41. The number of benzene rings is 1. The van der Waals surface area contributed by atoms with Crippen LogP contribution in [0.25, 0.3) is 10.9 Å². The van der Waals surface area contributed by atoms with E-state index >= 15 is 0 Å². The van der Waals surface area contributed by atoms with Gasteiger partial charge in [0.2, 0.25) is 65.0 Å². The van der Waals surface area contributed by atoms with Crippen molar-refractivity contribution in [2.45, 2.75) is 139 Å². The third-order valence-electron chi connectivity index (χ3n) is 12.2. The van der Waals surface area contributed by atoms with E-state index < -0.39 is 169 Å². The number of aliphatic hydroxyl groups excluding tert-OH is 1. The number of hydrogen-bond acceptors (Lipinski definition) is 20. The van der Waals surface area contributed by atoms with Gasteiger partial charge < -0.3 is 91.5 Å². The van der Waals surface area contributed by atoms with Crippen LogP contribution in [0.1, 0.15) is 71.3 Å². The minimum Gasteiger partial charge on any atom is -0.480 e. The first kappa shape index (κ1) is 73.3. The maximum Gasteiger partial charge on any atom is 0.326 e. The lowest BCUT2D eigenvalue weighted by atomic mass is 10.0. The Balaban J connectivity index is 2.51. The summed E-state index contributed by atoms with van der Waals surface area (Å²) in [6.07, 6.45) is 0.0733. The van der Waals surface area contributed by atoms with E-state index in [0.29, 0.717) is 22.2 Å². The Kier molecular flexibility index (Phi) is 32.7. The van der Waals surface area contributed by atoms with Gasteiger partial charge in [-0.3, -0.25) is 57.5 Å². The number of carboxylic acid groups (broad SMARTS) is 2. The number of fused-ring (bicyclic) bond motifs is 1. The molecule has 0 saturated heterocycles. The van der Waals surface area contributed by atoms with E-state index in [0.717, 1.165) is 28.5 Å². The van der Waals surface area contributed by atoms with Crippen molar-refractivity contribution < 1.29 is 77.6 Å². The Hall–Kier alpha value is -6.85. The third-order valence-corrected chi connectivity index (χ3v) is 16.0. The largest absolute Gasteiger partial charge is 0.480 e. The van der Waals surface area contributed by atoms with Crippen molar-refractivity contribution in [2.75, 3.05) is 35.5 Å². The van der Waals surface area contributed by atoms with Crippen LogP contribution in [0.5, 0.6) is 0 Å².